The molecule has 0 bridgehead atoms. The Kier molecular flexibility index (Phi) is 4.90. The van der Waals surface area contributed by atoms with Crippen LogP contribution in [0.4, 0.5) is 0 Å². The van der Waals surface area contributed by atoms with E-state index in [1.165, 1.54) is 11.5 Å². The molecule has 7 heteroatoms. The van der Waals surface area contributed by atoms with Gasteiger partial charge in [-0.1, -0.05) is 23.0 Å². The van der Waals surface area contributed by atoms with Gasteiger partial charge in [-0.05, 0) is 31.4 Å². The minimum absolute atomic E-state index is 0.131. The van der Waals surface area contributed by atoms with Gasteiger partial charge in [0.25, 0.3) is 0 Å². The SMILES string of the molecule is CCCNC(Cc1c(Cl)c(C)nn1C)c1csnn1. The molecule has 0 radical (unpaired) electrons. The molecule has 19 heavy (non-hydrogen) atoms. The van der Waals surface area contributed by atoms with Crippen molar-refractivity contribution in [2.45, 2.75) is 32.7 Å². The molecule has 104 valence electrons. The number of aryl methyl sites for hydroxylation is 2. The summed E-state index contributed by atoms with van der Waals surface area (Å²) in [5, 5.41) is 14.7. The van der Waals surface area contributed by atoms with Crippen molar-refractivity contribution in [3.8, 4) is 0 Å². The minimum Gasteiger partial charge on any atom is -0.308 e. The molecular formula is C12H18ClN5S. The van der Waals surface area contributed by atoms with Crippen molar-refractivity contribution >= 4 is 23.1 Å². The number of nitrogens with zero attached hydrogens (tertiary/aromatic N) is 4. The summed E-state index contributed by atoms with van der Waals surface area (Å²) in [5.41, 5.74) is 2.86. The zero-order chi connectivity index (χ0) is 13.8. The van der Waals surface area contributed by atoms with E-state index >= 15 is 0 Å². The first kappa shape index (κ1) is 14.4. The average molecular weight is 300 g/mol. The van der Waals surface area contributed by atoms with Crippen molar-refractivity contribution in [3.63, 3.8) is 0 Å². The zero-order valence-electron chi connectivity index (χ0n) is 11.4. The normalized spacial score (nSPS) is 12.8. The lowest BCUT2D eigenvalue weighted by atomic mass is 10.1. The van der Waals surface area contributed by atoms with Gasteiger partial charge in [-0.15, -0.1) is 5.10 Å². The molecule has 0 aliphatic heterocycles. The van der Waals surface area contributed by atoms with Crippen LogP contribution in [0.15, 0.2) is 5.38 Å². The molecule has 0 spiro atoms. The van der Waals surface area contributed by atoms with Crippen LogP contribution in [0, 0.1) is 6.92 Å². The Bertz CT molecular complexity index is 522. The van der Waals surface area contributed by atoms with Crippen LogP contribution in [0.25, 0.3) is 0 Å². The first-order chi connectivity index (χ1) is 9.13. The van der Waals surface area contributed by atoms with Gasteiger partial charge in [0.15, 0.2) is 0 Å². The van der Waals surface area contributed by atoms with Crippen LogP contribution in [0.1, 0.15) is 36.5 Å². The second kappa shape index (κ2) is 6.45. The Morgan fingerprint density at radius 3 is 2.84 bits per heavy atom. The van der Waals surface area contributed by atoms with Gasteiger partial charge in [-0.2, -0.15) is 5.10 Å². The summed E-state index contributed by atoms with van der Waals surface area (Å²) in [4.78, 5) is 0. The highest BCUT2D eigenvalue weighted by atomic mass is 35.5. The molecule has 1 atom stereocenters. The Hall–Kier alpha value is -0.980. The third-order valence-corrected chi connectivity index (χ3v) is 4.05. The summed E-state index contributed by atoms with van der Waals surface area (Å²) in [6.07, 6.45) is 1.84. The first-order valence-corrected chi connectivity index (χ1v) is 7.53. The van der Waals surface area contributed by atoms with Crippen LogP contribution in [-0.2, 0) is 13.5 Å². The quantitative estimate of drug-likeness (QED) is 0.890. The van der Waals surface area contributed by atoms with Gasteiger partial charge in [0.2, 0.25) is 0 Å². The van der Waals surface area contributed by atoms with Gasteiger partial charge in [0.1, 0.15) is 0 Å². The topological polar surface area (TPSA) is 55.6 Å². The summed E-state index contributed by atoms with van der Waals surface area (Å²) in [5.74, 6) is 0. The number of aromatic nitrogens is 4. The van der Waals surface area contributed by atoms with Gasteiger partial charge in [-0.25, -0.2) is 0 Å². The molecule has 0 aromatic carbocycles. The molecule has 2 aromatic heterocycles. The average Bonchev–Trinajstić information content (AvgIpc) is 2.98. The lowest BCUT2D eigenvalue weighted by Gasteiger charge is -2.16. The van der Waals surface area contributed by atoms with E-state index in [0.717, 1.165) is 41.5 Å². The van der Waals surface area contributed by atoms with Crippen LogP contribution in [0.3, 0.4) is 0 Å². The molecule has 0 aliphatic carbocycles. The fourth-order valence-corrected chi connectivity index (χ4v) is 2.76. The van der Waals surface area contributed by atoms with E-state index in [0.29, 0.717) is 0 Å². The second-order valence-electron chi connectivity index (χ2n) is 4.51. The molecule has 1 N–H and O–H groups in total. The lowest BCUT2D eigenvalue weighted by Crippen LogP contribution is -2.25. The number of rotatable bonds is 6. The number of hydrogen-bond donors (Lipinski definition) is 1. The second-order valence-corrected chi connectivity index (χ2v) is 5.50. The Morgan fingerprint density at radius 1 is 1.53 bits per heavy atom. The van der Waals surface area contributed by atoms with Gasteiger partial charge < -0.3 is 5.32 Å². The van der Waals surface area contributed by atoms with Gasteiger partial charge >= 0.3 is 0 Å². The standard InChI is InChI=1S/C12H18ClN5S/c1-4-5-14-9(10-7-19-17-15-10)6-11-12(13)8(2)16-18(11)3/h7,9,14H,4-6H2,1-3H3. The van der Waals surface area contributed by atoms with E-state index in [-0.39, 0.29) is 6.04 Å². The summed E-state index contributed by atoms with van der Waals surface area (Å²) >= 11 is 7.68. The summed E-state index contributed by atoms with van der Waals surface area (Å²) < 4.78 is 5.78. The van der Waals surface area contributed by atoms with Crippen molar-refractivity contribution in [3.05, 3.63) is 27.5 Å². The molecule has 1 unspecified atom stereocenters. The van der Waals surface area contributed by atoms with E-state index in [9.17, 15) is 0 Å². The van der Waals surface area contributed by atoms with Gasteiger partial charge in [0, 0.05) is 18.8 Å². The van der Waals surface area contributed by atoms with Crippen molar-refractivity contribution in [1.82, 2.24) is 24.7 Å². The lowest BCUT2D eigenvalue weighted by molar-refractivity contribution is 0.501. The molecule has 0 fully saturated rings. The zero-order valence-corrected chi connectivity index (χ0v) is 12.9. The third kappa shape index (κ3) is 3.32. The predicted molar refractivity (Wildman–Crippen MR) is 77.6 cm³/mol. The molecule has 2 aromatic rings. The highest BCUT2D eigenvalue weighted by Gasteiger charge is 2.19. The van der Waals surface area contributed by atoms with Crippen LogP contribution < -0.4 is 5.32 Å². The third-order valence-electron chi connectivity index (χ3n) is 3.03. The maximum atomic E-state index is 6.31. The van der Waals surface area contributed by atoms with Crippen LogP contribution in [-0.4, -0.2) is 25.9 Å². The van der Waals surface area contributed by atoms with Crippen molar-refractivity contribution < 1.29 is 0 Å². The molecule has 0 amide bonds. The van der Waals surface area contributed by atoms with Crippen LogP contribution in [0.2, 0.25) is 5.02 Å². The maximum absolute atomic E-state index is 6.31. The van der Waals surface area contributed by atoms with E-state index in [2.05, 4.69) is 26.9 Å². The molecule has 2 rings (SSSR count). The molecule has 2 heterocycles. The van der Waals surface area contributed by atoms with Crippen molar-refractivity contribution in [2.75, 3.05) is 6.54 Å². The Morgan fingerprint density at radius 2 is 2.32 bits per heavy atom. The number of halogens is 1. The van der Waals surface area contributed by atoms with Crippen molar-refractivity contribution in [2.24, 2.45) is 7.05 Å². The van der Waals surface area contributed by atoms with Crippen LogP contribution in [0.5, 0.6) is 0 Å². The van der Waals surface area contributed by atoms with Crippen LogP contribution >= 0.6 is 23.1 Å². The van der Waals surface area contributed by atoms with Crippen molar-refractivity contribution in [1.29, 1.82) is 0 Å². The predicted octanol–water partition coefficient (Wildman–Crippen LogP) is 2.52. The first-order valence-electron chi connectivity index (χ1n) is 6.31. The highest BCUT2D eigenvalue weighted by molar-refractivity contribution is 7.03. The van der Waals surface area contributed by atoms with E-state index in [4.69, 9.17) is 11.6 Å². The molecule has 5 nitrogen and oxygen atoms in total. The summed E-state index contributed by atoms with van der Waals surface area (Å²) in [7, 11) is 1.92. The smallest absolute Gasteiger partial charge is 0.0928 e. The molecule has 0 aliphatic rings. The van der Waals surface area contributed by atoms with E-state index in [1.54, 1.807) is 0 Å². The molecular weight excluding hydrogens is 282 g/mol. The molecule has 0 saturated carbocycles. The highest BCUT2D eigenvalue weighted by Crippen LogP contribution is 2.25. The Balaban J connectivity index is 2.20. The van der Waals surface area contributed by atoms with Gasteiger partial charge in [0.05, 0.1) is 28.1 Å². The van der Waals surface area contributed by atoms with E-state index < -0.39 is 0 Å². The fraction of sp³-hybridized carbons (Fsp3) is 0.583. The number of hydrogen-bond acceptors (Lipinski definition) is 5. The molecule has 0 saturated heterocycles. The largest absolute Gasteiger partial charge is 0.308 e. The minimum atomic E-state index is 0.131. The fourth-order valence-electron chi connectivity index (χ4n) is 2.02. The Labute approximate surface area is 122 Å². The maximum Gasteiger partial charge on any atom is 0.0928 e. The summed E-state index contributed by atoms with van der Waals surface area (Å²) in [6, 6.07) is 0.131. The monoisotopic (exact) mass is 299 g/mol. The van der Waals surface area contributed by atoms with Gasteiger partial charge in [-0.3, -0.25) is 4.68 Å². The summed E-state index contributed by atoms with van der Waals surface area (Å²) in [6.45, 7) is 5.01. The number of nitrogens with one attached hydrogen (secondary N) is 1. The van der Waals surface area contributed by atoms with E-state index in [1.807, 2.05) is 24.0 Å².